The minimum absolute atomic E-state index is 0.0772. The first kappa shape index (κ1) is 29.2. The molecule has 9 heteroatoms. The molecule has 7 nitrogen and oxygen atoms in total. The molecule has 0 heterocycles. The van der Waals surface area contributed by atoms with Crippen LogP contribution in [0.15, 0.2) is 78.9 Å². The summed E-state index contributed by atoms with van der Waals surface area (Å²) in [5.74, 6) is -0.820. The third-order valence-electron chi connectivity index (χ3n) is 6.01. The molecule has 0 aliphatic carbocycles. The Balaban J connectivity index is 2.07. The van der Waals surface area contributed by atoms with Crippen molar-refractivity contribution in [1.29, 1.82) is 0 Å². The Morgan fingerprint density at radius 2 is 1.55 bits per heavy atom. The first-order valence-electron chi connectivity index (χ1n) is 12.4. The number of benzene rings is 3. The van der Waals surface area contributed by atoms with Crippen molar-refractivity contribution < 1.29 is 18.0 Å². The highest BCUT2D eigenvalue weighted by atomic mass is 35.5. The van der Waals surface area contributed by atoms with Crippen molar-refractivity contribution >= 4 is 39.1 Å². The highest BCUT2D eigenvalue weighted by Gasteiger charge is 2.33. The third-order valence-corrected chi connectivity index (χ3v) is 7.37. The van der Waals surface area contributed by atoms with E-state index in [1.807, 2.05) is 50.2 Å². The maximum atomic E-state index is 14.0. The van der Waals surface area contributed by atoms with Gasteiger partial charge < -0.3 is 10.2 Å². The molecule has 202 valence electrons. The number of sulfonamides is 1. The van der Waals surface area contributed by atoms with Crippen LogP contribution < -0.4 is 9.62 Å². The number of para-hydroxylation sites is 1. The van der Waals surface area contributed by atoms with E-state index in [0.29, 0.717) is 16.3 Å². The lowest BCUT2D eigenvalue weighted by Gasteiger charge is -2.34. The van der Waals surface area contributed by atoms with Gasteiger partial charge in [-0.2, -0.15) is 0 Å². The molecule has 0 bridgehead atoms. The Morgan fingerprint density at radius 1 is 0.921 bits per heavy atom. The molecule has 0 aliphatic heterocycles. The van der Waals surface area contributed by atoms with Gasteiger partial charge in [0.1, 0.15) is 12.6 Å². The first-order chi connectivity index (χ1) is 18.0. The number of carbonyl (C=O) groups is 2. The summed E-state index contributed by atoms with van der Waals surface area (Å²) < 4.78 is 26.8. The summed E-state index contributed by atoms with van der Waals surface area (Å²) in [6, 6.07) is 22.4. The molecule has 0 fully saturated rings. The average molecular weight is 556 g/mol. The van der Waals surface area contributed by atoms with E-state index in [0.717, 1.165) is 21.7 Å². The fraction of sp³-hybridized carbons (Fsp3) is 0.310. The molecule has 1 N–H and O–H groups in total. The lowest BCUT2D eigenvalue weighted by atomic mass is 10.0. The van der Waals surface area contributed by atoms with Gasteiger partial charge >= 0.3 is 0 Å². The second kappa shape index (κ2) is 12.9. The van der Waals surface area contributed by atoms with Gasteiger partial charge in [0.15, 0.2) is 0 Å². The van der Waals surface area contributed by atoms with Gasteiger partial charge in [-0.05, 0) is 55.7 Å². The summed E-state index contributed by atoms with van der Waals surface area (Å²) in [5, 5.41) is 3.43. The zero-order valence-electron chi connectivity index (χ0n) is 22.1. The van der Waals surface area contributed by atoms with Gasteiger partial charge in [0.05, 0.1) is 11.9 Å². The number of halogens is 1. The molecule has 0 saturated heterocycles. The zero-order chi connectivity index (χ0) is 27.9. The predicted octanol–water partition coefficient (Wildman–Crippen LogP) is 4.58. The molecule has 3 aromatic carbocycles. The number of aryl methyl sites for hydroxylation is 1. The molecule has 2 amide bonds. The SMILES string of the molecule is Cc1ccccc1N(CC(=O)N(Cc1cccc(Cl)c1)[C@H](Cc1ccccc1)C(=O)NC(C)C)S(C)(=O)=O. The largest absolute Gasteiger partial charge is 0.352 e. The van der Waals surface area contributed by atoms with Crippen LogP contribution >= 0.6 is 11.6 Å². The molecule has 1 atom stereocenters. The van der Waals surface area contributed by atoms with Crippen molar-refractivity contribution in [2.24, 2.45) is 0 Å². The number of carbonyl (C=O) groups excluding carboxylic acids is 2. The van der Waals surface area contributed by atoms with Crippen molar-refractivity contribution in [2.45, 2.75) is 45.8 Å². The Morgan fingerprint density at radius 3 is 2.16 bits per heavy atom. The molecule has 0 aliphatic rings. The van der Waals surface area contributed by atoms with E-state index >= 15 is 0 Å². The predicted molar refractivity (Wildman–Crippen MR) is 153 cm³/mol. The monoisotopic (exact) mass is 555 g/mol. The van der Waals surface area contributed by atoms with Crippen molar-refractivity contribution in [3.8, 4) is 0 Å². The van der Waals surface area contributed by atoms with E-state index in [9.17, 15) is 18.0 Å². The Kier molecular flexibility index (Phi) is 9.94. The lowest BCUT2D eigenvalue weighted by Crippen LogP contribution is -2.54. The Labute approximate surface area is 230 Å². The van der Waals surface area contributed by atoms with Crippen LogP contribution in [-0.2, 0) is 32.6 Å². The Bertz CT molecular complexity index is 1360. The van der Waals surface area contributed by atoms with Crippen LogP contribution in [0.25, 0.3) is 0 Å². The van der Waals surface area contributed by atoms with Crippen LogP contribution in [0.4, 0.5) is 5.69 Å². The summed E-state index contributed by atoms with van der Waals surface area (Å²) in [4.78, 5) is 29.0. The summed E-state index contributed by atoms with van der Waals surface area (Å²) in [6.45, 7) is 5.11. The summed E-state index contributed by atoms with van der Waals surface area (Å²) in [5.41, 5.74) is 2.73. The van der Waals surface area contributed by atoms with E-state index in [2.05, 4.69) is 5.32 Å². The maximum Gasteiger partial charge on any atom is 0.244 e. The molecule has 0 saturated carbocycles. The standard InChI is InChI=1S/C29H34ClN3O4S/c1-21(2)31-29(35)27(18-23-12-6-5-7-13-23)32(19-24-14-10-15-25(30)17-24)28(34)20-33(38(4,36)37)26-16-9-8-11-22(26)3/h5-17,21,27H,18-20H2,1-4H3,(H,31,35)/t27-/m1/s1. The quantitative estimate of drug-likeness (QED) is 0.375. The summed E-state index contributed by atoms with van der Waals surface area (Å²) >= 11 is 6.22. The smallest absolute Gasteiger partial charge is 0.244 e. The third kappa shape index (κ3) is 8.07. The molecule has 0 spiro atoms. The van der Waals surface area contributed by atoms with Crippen molar-refractivity contribution in [2.75, 3.05) is 17.1 Å². The minimum Gasteiger partial charge on any atom is -0.352 e. The van der Waals surface area contributed by atoms with Crippen LogP contribution in [0.5, 0.6) is 0 Å². The van der Waals surface area contributed by atoms with Gasteiger partial charge in [0, 0.05) is 24.0 Å². The van der Waals surface area contributed by atoms with Crippen LogP contribution in [0, 0.1) is 6.92 Å². The average Bonchev–Trinajstić information content (AvgIpc) is 2.84. The van der Waals surface area contributed by atoms with Crippen molar-refractivity contribution in [3.63, 3.8) is 0 Å². The molecule has 0 aromatic heterocycles. The fourth-order valence-electron chi connectivity index (χ4n) is 4.20. The van der Waals surface area contributed by atoms with Crippen LogP contribution in [0.3, 0.4) is 0 Å². The zero-order valence-corrected chi connectivity index (χ0v) is 23.7. The molecule has 0 radical (unpaired) electrons. The van der Waals surface area contributed by atoms with E-state index in [1.165, 1.54) is 4.90 Å². The van der Waals surface area contributed by atoms with Crippen molar-refractivity contribution in [1.82, 2.24) is 10.2 Å². The number of hydrogen-bond acceptors (Lipinski definition) is 4. The number of amides is 2. The maximum absolute atomic E-state index is 14.0. The van der Waals surface area contributed by atoms with Crippen LogP contribution in [0.1, 0.15) is 30.5 Å². The van der Waals surface area contributed by atoms with Crippen molar-refractivity contribution in [3.05, 3.63) is 101 Å². The molecular formula is C29H34ClN3O4S. The van der Waals surface area contributed by atoms with Gasteiger partial charge in [0.25, 0.3) is 0 Å². The first-order valence-corrected chi connectivity index (χ1v) is 14.6. The molecular weight excluding hydrogens is 522 g/mol. The number of hydrogen-bond donors (Lipinski definition) is 1. The van der Waals surface area contributed by atoms with E-state index in [4.69, 9.17) is 11.6 Å². The molecule has 3 rings (SSSR count). The van der Waals surface area contributed by atoms with Gasteiger partial charge in [-0.3, -0.25) is 13.9 Å². The lowest BCUT2D eigenvalue weighted by molar-refractivity contribution is -0.140. The highest BCUT2D eigenvalue weighted by molar-refractivity contribution is 7.92. The number of nitrogens with one attached hydrogen (secondary N) is 1. The molecule has 38 heavy (non-hydrogen) atoms. The van der Waals surface area contributed by atoms with Gasteiger partial charge in [-0.25, -0.2) is 8.42 Å². The minimum atomic E-state index is -3.81. The Hall–Kier alpha value is -3.36. The summed E-state index contributed by atoms with van der Waals surface area (Å²) in [6.07, 6.45) is 1.33. The topological polar surface area (TPSA) is 86.8 Å². The number of anilines is 1. The molecule has 0 unspecified atom stereocenters. The highest BCUT2D eigenvalue weighted by Crippen LogP contribution is 2.24. The molecule has 3 aromatic rings. The van der Waals surface area contributed by atoms with Gasteiger partial charge in [-0.1, -0.05) is 72.3 Å². The summed E-state index contributed by atoms with van der Waals surface area (Å²) in [7, 11) is -3.81. The normalized spacial score (nSPS) is 12.2. The van der Waals surface area contributed by atoms with E-state index < -0.39 is 28.5 Å². The van der Waals surface area contributed by atoms with Gasteiger partial charge in [0.2, 0.25) is 21.8 Å². The second-order valence-electron chi connectivity index (χ2n) is 9.58. The second-order valence-corrected chi connectivity index (χ2v) is 11.9. The number of nitrogens with zero attached hydrogens (tertiary/aromatic N) is 2. The number of rotatable bonds is 11. The van der Waals surface area contributed by atoms with Gasteiger partial charge in [-0.15, -0.1) is 0 Å². The van der Waals surface area contributed by atoms with Crippen LogP contribution in [-0.4, -0.2) is 50.0 Å². The van der Waals surface area contributed by atoms with Crippen LogP contribution in [0.2, 0.25) is 5.02 Å². The van der Waals surface area contributed by atoms with E-state index in [-0.39, 0.29) is 24.9 Å². The van der Waals surface area contributed by atoms with E-state index in [1.54, 1.807) is 49.4 Å². The fourth-order valence-corrected chi connectivity index (χ4v) is 5.32.